The number of hydrogen-bond acceptors (Lipinski definition) is 8. The van der Waals surface area contributed by atoms with Crippen molar-refractivity contribution < 1.29 is 39.4 Å². The van der Waals surface area contributed by atoms with Gasteiger partial charge >= 0.3 is 0 Å². The number of carbonyl (C=O) groups excluding carboxylic acids is 1. The predicted octanol–water partition coefficient (Wildman–Crippen LogP) is 5.38. The maximum atomic E-state index is 13.1. The van der Waals surface area contributed by atoms with Gasteiger partial charge in [0.2, 0.25) is 12.5 Å². The molecule has 0 bridgehead atoms. The Morgan fingerprint density at radius 3 is 2.20 bits per heavy atom. The highest BCUT2D eigenvalue weighted by Crippen LogP contribution is 2.56. The van der Waals surface area contributed by atoms with Gasteiger partial charge in [-0.1, -0.05) is 39.3 Å². The van der Waals surface area contributed by atoms with Gasteiger partial charge < -0.3 is 34.6 Å². The lowest BCUT2D eigenvalue weighted by Crippen LogP contribution is -2.15. The van der Waals surface area contributed by atoms with Crippen LogP contribution in [0.3, 0.4) is 0 Å². The molecule has 0 radical (unpaired) electrons. The summed E-state index contributed by atoms with van der Waals surface area (Å²) in [5, 5.41) is 44.9. The number of aromatic hydroxyl groups is 4. The predicted molar refractivity (Wildman–Crippen MR) is 131 cm³/mol. The van der Waals surface area contributed by atoms with Crippen molar-refractivity contribution in [1.29, 1.82) is 0 Å². The number of ketones is 1. The molecular formula is C27H34O8. The summed E-state index contributed by atoms with van der Waals surface area (Å²) < 4.78 is 16.4. The summed E-state index contributed by atoms with van der Waals surface area (Å²) in [6.45, 7) is 10.7. The summed E-state index contributed by atoms with van der Waals surface area (Å²) in [6, 6.07) is 1.57. The molecule has 8 heteroatoms. The van der Waals surface area contributed by atoms with Gasteiger partial charge in [-0.15, -0.1) is 0 Å². The molecular weight excluding hydrogens is 452 g/mol. The lowest BCUT2D eigenvalue weighted by atomic mass is 9.77. The largest absolute Gasteiger partial charge is 0.507 e. The van der Waals surface area contributed by atoms with E-state index in [0.29, 0.717) is 5.75 Å². The highest BCUT2D eigenvalue weighted by Gasteiger charge is 2.38. The van der Waals surface area contributed by atoms with Crippen LogP contribution in [0.1, 0.15) is 74.5 Å². The lowest BCUT2D eigenvalue weighted by molar-refractivity contribution is 0.0933. The van der Waals surface area contributed by atoms with Gasteiger partial charge in [0, 0.05) is 34.6 Å². The van der Waals surface area contributed by atoms with E-state index >= 15 is 0 Å². The summed E-state index contributed by atoms with van der Waals surface area (Å²) in [4.78, 5) is 13.1. The minimum Gasteiger partial charge on any atom is -0.507 e. The Balaban J connectivity index is 2.43. The van der Waals surface area contributed by atoms with Crippen molar-refractivity contribution in [1.82, 2.24) is 0 Å². The Morgan fingerprint density at radius 1 is 1.00 bits per heavy atom. The zero-order valence-corrected chi connectivity index (χ0v) is 21.2. The zero-order chi connectivity index (χ0) is 26.2. The minimum absolute atomic E-state index is 0.0198. The molecule has 2 aromatic carbocycles. The van der Waals surface area contributed by atoms with E-state index in [4.69, 9.17) is 14.2 Å². The van der Waals surface area contributed by atoms with E-state index in [1.807, 2.05) is 33.8 Å². The van der Waals surface area contributed by atoms with E-state index in [-0.39, 0.29) is 64.4 Å². The maximum absolute atomic E-state index is 13.1. The molecule has 8 nitrogen and oxygen atoms in total. The smallest absolute Gasteiger partial charge is 0.231 e. The van der Waals surface area contributed by atoms with Crippen LogP contribution in [-0.4, -0.2) is 40.1 Å². The number of rotatable bonds is 8. The number of allylic oxidation sites excluding steroid dienone is 2. The molecule has 1 heterocycles. The third kappa shape index (κ3) is 4.57. The van der Waals surface area contributed by atoms with Crippen LogP contribution < -0.4 is 14.2 Å². The van der Waals surface area contributed by atoms with Crippen LogP contribution in [0, 0.1) is 11.8 Å². The van der Waals surface area contributed by atoms with E-state index in [9.17, 15) is 25.2 Å². The van der Waals surface area contributed by atoms with Crippen LogP contribution in [0.2, 0.25) is 0 Å². The lowest BCUT2D eigenvalue weighted by Gasteiger charge is -2.29. The Kier molecular flexibility index (Phi) is 7.43. The highest BCUT2D eigenvalue weighted by atomic mass is 16.7. The van der Waals surface area contributed by atoms with Crippen molar-refractivity contribution in [3.63, 3.8) is 0 Å². The van der Waals surface area contributed by atoms with E-state index in [1.54, 1.807) is 19.9 Å². The summed E-state index contributed by atoms with van der Waals surface area (Å²) in [6.07, 6.45) is 1.95. The van der Waals surface area contributed by atoms with Gasteiger partial charge in [-0.25, -0.2) is 0 Å². The van der Waals surface area contributed by atoms with Crippen molar-refractivity contribution in [3.8, 4) is 40.2 Å². The van der Waals surface area contributed by atoms with Crippen molar-refractivity contribution in [2.45, 2.75) is 53.9 Å². The van der Waals surface area contributed by atoms with E-state index < -0.39 is 29.1 Å². The van der Waals surface area contributed by atoms with Crippen LogP contribution >= 0.6 is 0 Å². The van der Waals surface area contributed by atoms with Crippen LogP contribution in [0.15, 0.2) is 17.7 Å². The number of carbonyl (C=O) groups is 1. The van der Waals surface area contributed by atoms with Crippen molar-refractivity contribution in [2.24, 2.45) is 11.8 Å². The SMILES string of the molecule is COc1cc2c(c(O)c1C(c1c(O)c(CC=C(C)C)c(O)c(C(=O)C(C)C)c1O)C(C)C)OCO2. The first kappa shape index (κ1) is 26.1. The Bertz CT molecular complexity index is 1170. The van der Waals surface area contributed by atoms with Crippen LogP contribution in [-0.2, 0) is 6.42 Å². The molecule has 1 aliphatic rings. The van der Waals surface area contributed by atoms with E-state index in [1.165, 1.54) is 7.11 Å². The number of phenolic OH excluding ortho intramolecular Hbond substituents is 4. The maximum Gasteiger partial charge on any atom is 0.231 e. The molecule has 2 aromatic rings. The number of ether oxygens (including phenoxy) is 3. The average molecular weight is 487 g/mol. The molecule has 3 rings (SSSR count). The summed E-state index contributed by atoms with van der Waals surface area (Å²) in [5.41, 5.74) is 1.10. The molecule has 190 valence electrons. The van der Waals surface area contributed by atoms with Gasteiger partial charge in [0.25, 0.3) is 0 Å². The molecule has 1 aliphatic heterocycles. The number of methoxy groups -OCH3 is 1. The van der Waals surface area contributed by atoms with Gasteiger partial charge in [0.05, 0.1) is 7.11 Å². The summed E-state index contributed by atoms with van der Waals surface area (Å²) in [5.74, 6) is -2.99. The molecule has 35 heavy (non-hydrogen) atoms. The second-order valence-electron chi connectivity index (χ2n) is 9.61. The Hall–Kier alpha value is -3.55. The second-order valence-corrected chi connectivity index (χ2v) is 9.61. The van der Waals surface area contributed by atoms with Crippen LogP contribution in [0.5, 0.6) is 40.2 Å². The molecule has 4 N–H and O–H groups in total. The molecule has 0 spiro atoms. The molecule has 0 amide bonds. The first-order valence-electron chi connectivity index (χ1n) is 11.6. The molecule has 0 fully saturated rings. The fourth-order valence-corrected chi connectivity index (χ4v) is 4.40. The van der Waals surface area contributed by atoms with Crippen molar-refractivity contribution in [3.05, 3.63) is 40.0 Å². The van der Waals surface area contributed by atoms with Gasteiger partial charge in [-0.3, -0.25) is 4.79 Å². The van der Waals surface area contributed by atoms with Gasteiger partial charge in [-0.2, -0.15) is 0 Å². The molecule has 0 saturated heterocycles. The molecule has 0 saturated carbocycles. The molecule has 1 unspecified atom stereocenters. The topological polar surface area (TPSA) is 126 Å². The molecule has 1 atom stereocenters. The third-order valence-electron chi connectivity index (χ3n) is 6.19. The Labute approximate surface area is 205 Å². The van der Waals surface area contributed by atoms with Gasteiger partial charge in [-0.05, 0) is 26.2 Å². The monoisotopic (exact) mass is 486 g/mol. The number of phenols is 4. The number of fused-ring (bicyclic) bond motifs is 1. The highest BCUT2D eigenvalue weighted by molar-refractivity contribution is 6.03. The number of Topliss-reactive ketones (excluding diaryl/α,β-unsaturated/α-hetero) is 1. The molecule has 0 aromatic heterocycles. The van der Waals surface area contributed by atoms with Crippen molar-refractivity contribution >= 4 is 5.78 Å². The van der Waals surface area contributed by atoms with E-state index in [2.05, 4.69) is 0 Å². The van der Waals surface area contributed by atoms with Gasteiger partial charge in [0.15, 0.2) is 17.3 Å². The third-order valence-corrected chi connectivity index (χ3v) is 6.19. The van der Waals surface area contributed by atoms with Crippen LogP contribution in [0.4, 0.5) is 0 Å². The van der Waals surface area contributed by atoms with Gasteiger partial charge in [0.1, 0.15) is 28.6 Å². The normalized spacial score (nSPS) is 13.3. The summed E-state index contributed by atoms with van der Waals surface area (Å²) in [7, 11) is 1.43. The average Bonchev–Trinajstić information content (AvgIpc) is 3.25. The first-order chi connectivity index (χ1) is 16.4. The van der Waals surface area contributed by atoms with E-state index in [0.717, 1.165) is 5.57 Å². The fourth-order valence-electron chi connectivity index (χ4n) is 4.40. The quantitative estimate of drug-likeness (QED) is 0.289. The van der Waals surface area contributed by atoms with Crippen molar-refractivity contribution in [2.75, 3.05) is 13.9 Å². The minimum atomic E-state index is -0.829. The number of benzene rings is 2. The first-order valence-corrected chi connectivity index (χ1v) is 11.6. The Morgan fingerprint density at radius 2 is 1.66 bits per heavy atom. The standard InChI is InChI=1S/C27H34O8/c1-12(2)8-9-15-23(29)20(25(31)21(24(15)30)22(28)14(5)6)18(13(3)4)19-16(33-7)10-17-27(26(19)32)35-11-34-17/h8,10,13-14,18,29-32H,9,11H2,1-7H3. The zero-order valence-electron chi connectivity index (χ0n) is 21.2. The van der Waals surface area contributed by atoms with Crippen LogP contribution in [0.25, 0.3) is 0 Å². The second kappa shape index (κ2) is 9.98. The fraction of sp³-hybridized carbons (Fsp3) is 0.444. The molecule has 0 aliphatic carbocycles. The summed E-state index contributed by atoms with van der Waals surface area (Å²) >= 11 is 0. The number of hydrogen-bond donors (Lipinski definition) is 4.